The average molecular weight is 259 g/mol. The van der Waals surface area contributed by atoms with Gasteiger partial charge in [-0.2, -0.15) is 0 Å². The highest BCUT2D eigenvalue weighted by Gasteiger charge is 2.10. The molecule has 1 amide bonds. The molecule has 0 bridgehead atoms. The number of pyridine rings is 1. The highest BCUT2D eigenvalue weighted by atomic mass is 16.1. The van der Waals surface area contributed by atoms with Gasteiger partial charge in [0.25, 0.3) is 5.91 Å². The molecule has 2 aromatic rings. The molecule has 2 heterocycles. The van der Waals surface area contributed by atoms with Crippen LogP contribution in [0.4, 0.5) is 5.69 Å². The van der Waals surface area contributed by atoms with Crippen LogP contribution in [-0.4, -0.2) is 33.9 Å². The maximum Gasteiger partial charge on any atom is 0.254 e. The van der Waals surface area contributed by atoms with Gasteiger partial charge in [-0.25, -0.2) is 4.98 Å². The minimum atomic E-state index is -0.122. The largest absolute Gasteiger partial charge is 0.385 e. The number of aromatic amines is 1. The van der Waals surface area contributed by atoms with Crippen molar-refractivity contribution in [3.63, 3.8) is 0 Å². The van der Waals surface area contributed by atoms with E-state index in [1.54, 1.807) is 31.0 Å². The number of nitrogens with zero attached hydrogens (tertiary/aromatic N) is 2. The summed E-state index contributed by atoms with van der Waals surface area (Å²) in [5.41, 5.74) is 2.36. The molecule has 2 rings (SSSR count). The summed E-state index contributed by atoms with van der Waals surface area (Å²) < 4.78 is 0. The van der Waals surface area contributed by atoms with Gasteiger partial charge in [-0.05, 0) is 13.0 Å². The number of nitrogens with one attached hydrogen (secondary N) is 3. The molecule has 0 radical (unpaired) electrons. The third-order valence-corrected chi connectivity index (χ3v) is 2.67. The van der Waals surface area contributed by atoms with Crippen molar-refractivity contribution < 1.29 is 4.79 Å². The van der Waals surface area contributed by atoms with Crippen LogP contribution in [0.15, 0.2) is 31.0 Å². The summed E-state index contributed by atoms with van der Waals surface area (Å²) in [5, 5.41) is 6.01. The van der Waals surface area contributed by atoms with E-state index in [0.29, 0.717) is 12.1 Å². The van der Waals surface area contributed by atoms with Crippen molar-refractivity contribution in [2.24, 2.45) is 0 Å². The predicted octanol–water partition coefficient (Wildman–Crippen LogP) is 1.21. The summed E-state index contributed by atoms with van der Waals surface area (Å²) in [6.45, 7) is 3.31. The van der Waals surface area contributed by atoms with E-state index in [0.717, 1.165) is 24.3 Å². The summed E-state index contributed by atoms with van der Waals surface area (Å²) in [4.78, 5) is 23.0. The number of H-pyrrole nitrogens is 1. The molecule has 100 valence electrons. The number of amides is 1. The minimum Gasteiger partial charge on any atom is -0.385 e. The Morgan fingerprint density at radius 3 is 3.00 bits per heavy atom. The lowest BCUT2D eigenvalue weighted by Gasteiger charge is -2.10. The normalized spacial score (nSPS) is 10.2. The summed E-state index contributed by atoms with van der Waals surface area (Å²) in [6, 6.07) is 1.80. The Hall–Kier alpha value is -2.37. The maximum atomic E-state index is 12.1. The second kappa shape index (κ2) is 6.53. The average Bonchev–Trinajstić information content (AvgIpc) is 2.93. The molecule has 3 N–H and O–H groups in total. The third-order valence-electron chi connectivity index (χ3n) is 2.67. The van der Waals surface area contributed by atoms with Gasteiger partial charge in [-0.1, -0.05) is 0 Å². The lowest BCUT2D eigenvalue weighted by molar-refractivity contribution is 0.0954. The van der Waals surface area contributed by atoms with Crippen LogP contribution in [-0.2, 0) is 6.42 Å². The summed E-state index contributed by atoms with van der Waals surface area (Å²) in [6.07, 6.45) is 7.34. The first kappa shape index (κ1) is 13.1. The summed E-state index contributed by atoms with van der Waals surface area (Å²) in [5.74, 6) is -0.122. The zero-order chi connectivity index (χ0) is 13.5. The molecule has 0 aliphatic rings. The fraction of sp³-hybridized carbons (Fsp3) is 0.308. The van der Waals surface area contributed by atoms with Crippen LogP contribution in [0.1, 0.15) is 23.0 Å². The van der Waals surface area contributed by atoms with Crippen molar-refractivity contribution in [2.75, 3.05) is 18.4 Å². The Balaban J connectivity index is 1.92. The van der Waals surface area contributed by atoms with Crippen LogP contribution in [0.2, 0.25) is 0 Å². The Morgan fingerprint density at radius 2 is 2.26 bits per heavy atom. The predicted molar refractivity (Wildman–Crippen MR) is 73.0 cm³/mol. The molecule has 0 aliphatic carbocycles. The zero-order valence-electron chi connectivity index (χ0n) is 10.8. The second-order valence-electron chi connectivity index (χ2n) is 4.03. The standard InChI is InChI=1S/C13H17N5O/c1-2-16-12-4-5-14-8-11(12)13(19)17-6-3-10-7-15-9-18-10/h4-5,7-9H,2-3,6H2,1H3,(H,14,16)(H,15,18)(H,17,19). The molecule has 0 saturated heterocycles. The molecule has 6 heteroatoms. The van der Waals surface area contributed by atoms with Gasteiger partial charge in [0, 0.05) is 43.8 Å². The Bertz CT molecular complexity index is 524. The van der Waals surface area contributed by atoms with Gasteiger partial charge >= 0.3 is 0 Å². The number of anilines is 1. The quantitative estimate of drug-likeness (QED) is 0.728. The SMILES string of the molecule is CCNc1ccncc1C(=O)NCCc1cnc[nH]1. The highest BCUT2D eigenvalue weighted by Crippen LogP contribution is 2.12. The number of carbonyl (C=O) groups is 1. The van der Waals surface area contributed by atoms with Gasteiger partial charge in [0.1, 0.15) is 0 Å². The molecule has 0 unspecified atom stereocenters. The summed E-state index contributed by atoms with van der Waals surface area (Å²) >= 11 is 0. The molecule has 2 aromatic heterocycles. The molecule has 0 fully saturated rings. The van der Waals surface area contributed by atoms with Crippen LogP contribution >= 0.6 is 0 Å². The lowest BCUT2D eigenvalue weighted by Crippen LogP contribution is -2.26. The molecule has 0 spiro atoms. The van der Waals surface area contributed by atoms with Crippen molar-refractivity contribution in [3.05, 3.63) is 42.2 Å². The first-order chi connectivity index (χ1) is 9.31. The van der Waals surface area contributed by atoms with E-state index in [1.807, 2.05) is 6.92 Å². The second-order valence-corrected chi connectivity index (χ2v) is 4.03. The molecule has 0 saturated carbocycles. The number of carbonyl (C=O) groups excluding carboxylic acids is 1. The molecule has 0 aliphatic heterocycles. The number of rotatable bonds is 6. The minimum absolute atomic E-state index is 0.122. The number of imidazole rings is 1. The van der Waals surface area contributed by atoms with Gasteiger partial charge < -0.3 is 15.6 Å². The third kappa shape index (κ3) is 3.54. The first-order valence-electron chi connectivity index (χ1n) is 6.24. The topological polar surface area (TPSA) is 82.7 Å². The van der Waals surface area contributed by atoms with E-state index in [4.69, 9.17) is 0 Å². The van der Waals surface area contributed by atoms with Crippen LogP contribution < -0.4 is 10.6 Å². The van der Waals surface area contributed by atoms with Crippen molar-refractivity contribution in [2.45, 2.75) is 13.3 Å². The van der Waals surface area contributed by atoms with Gasteiger partial charge in [0.2, 0.25) is 0 Å². The Labute approximate surface area is 111 Å². The molecule has 19 heavy (non-hydrogen) atoms. The molecule has 0 atom stereocenters. The van der Waals surface area contributed by atoms with E-state index in [9.17, 15) is 4.79 Å². The van der Waals surface area contributed by atoms with Crippen LogP contribution in [0.25, 0.3) is 0 Å². The Morgan fingerprint density at radius 1 is 1.37 bits per heavy atom. The number of aromatic nitrogens is 3. The van der Waals surface area contributed by atoms with Crippen molar-refractivity contribution in [1.82, 2.24) is 20.3 Å². The number of hydrogen-bond acceptors (Lipinski definition) is 4. The molecule has 0 aromatic carbocycles. The van der Waals surface area contributed by atoms with Gasteiger partial charge in [0.05, 0.1) is 17.6 Å². The van der Waals surface area contributed by atoms with E-state index >= 15 is 0 Å². The van der Waals surface area contributed by atoms with Crippen LogP contribution in [0, 0.1) is 0 Å². The van der Waals surface area contributed by atoms with Crippen molar-refractivity contribution in [1.29, 1.82) is 0 Å². The van der Waals surface area contributed by atoms with Gasteiger partial charge in [0.15, 0.2) is 0 Å². The first-order valence-corrected chi connectivity index (χ1v) is 6.24. The molecule has 6 nitrogen and oxygen atoms in total. The smallest absolute Gasteiger partial charge is 0.254 e. The van der Waals surface area contributed by atoms with E-state index in [2.05, 4.69) is 25.6 Å². The lowest BCUT2D eigenvalue weighted by atomic mass is 10.2. The Kier molecular flexibility index (Phi) is 4.49. The van der Waals surface area contributed by atoms with E-state index in [1.165, 1.54) is 0 Å². The van der Waals surface area contributed by atoms with Crippen LogP contribution in [0.5, 0.6) is 0 Å². The summed E-state index contributed by atoms with van der Waals surface area (Å²) in [7, 11) is 0. The fourth-order valence-electron chi connectivity index (χ4n) is 1.75. The zero-order valence-corrected chi connectivity index (χ0v) is 10.8. The monoisotopic (exact) mass is 259 g/mol. The van der Waals surface area contributed by atoms with Crippen molar-refractivity contribution >= 4 is 11.6 Å². The molecular weight excluding hydrogens is 242 g/mol. The highest BCUT2D eigenvalue weighted by molar-refractivity contribution is 5.99. The number of hydrogen-bond donors (Lipinski definition) is 3. The van der Waals surface area contributed by atoms with Crippen LogP contribution in [0.3, 0.4) is 0 Å². The maximum absolute atomic E-state index is 12.1. The van der Waals surface area contributed by atoms with E-state index < -0.39 is 0 Å². The van der Waals surface area contributed by atoms with Gasteiger partial charge in [-0.3, -0.25) is 9.78 Å². The van der Waals surface area contributed by atoms with E-state index in [-0.39, 0.29) is 5.91 Å². The fourth-order valence-corrected chi connectivity index (χ4v) is 1.75. The van der Waals surface area contributed by atoms with Gasteiger partial charge in [-0.15, -0.1) is 0 Å². The molecular formula is C13H17N5O. The van der Waals surface area contributed by atoms with Crippen molar-refractivity contribution in [3.8, 4) is 0 Å².